The molecule has 0 spiro atoms. The maximum Gasteiger partial charge on any atom is 0.323 e. The minimum Gasteiger partial charge on any atom is -0.461 e. The maximum absolute atomic E-state index is 12.7. The molecule has 4 nitrogen and oxygen atoms in total. The van der Waals surface area contributed by atoms with Gasteiger partial charge in [-0.05, 0) is 96.4 Å². The van der Waals surface area contributed by atoms with E-state index in [4.69, 9.17) is 16.2 Å². The SMILES string of the molecule is CCCCCCCC/C=C\CCCCCCCCC(CCCCCCC/C=C\CCCCCCCC)OC(=O)[C@@H](N)CCCCN. The molecule has 4 heteroatoms. The Kier molecular flexibility index (Phi) is 37.4. The van der Waals surface area contributed by atoms with Crippen molar-refractivity contribution in [2.75, 3.05) is 6.54 Å². The van der Waals surface area contributed by atoms with Crippen molar-refractivity contribution in [3.05, 3.63) is 24.3 Å². The molecular formula is C42H82N2O2. The summed E-state index contributed by atoms with van der Waals surface area (Å²) >= 11 is 0. The number of rotatable bonds is 37. The van der Waals surface area contributed by atoms with Crippen molar-refractivity contribution in [2.24, 2.45) is 11.5 Å². The predicted molar refractivity (Wildman–Crippen MR) is 204 cm³/mol. The van der Waals surface area contributed by atoms with Crippen molar-refractivity contribution < 1.29 is 9.53 Å². The molecule has 0 aliphatic heterocycles. The summed E-state index contributed by atoms with van der Waals surface area (Å²) in [6.45, 7) is 5.21. The normalized spacial score (nSPS) is 13.2. The van der Waals surface area contributed by atoms with Crippen molar-refractivity contribution >= 4 is 5.97 Å². The molecule has 0 aliphatic carbocycles. The summed E-state index contributed by atoms with van der Waals surface area (Å²) in [5.41, 5.74) is 11.8. The highest BCUT2D eigenvalue weighted by Gasteiger charge is 2.20. The van der Waals surface area contributed by atoms with Gasteiger partial charge in [-0.25, -0.2) is 0 Å². The third kappa shape index (κ3) is 34.2. The van der Waals surface area contributed by atoms with Crippen molar-refractivity contribution in [1.82, 2.24) is 0 Å². The second-order valence-corrected chi connectivity index (χ2v) is 14.0. The number of carbonyl (C=O) groups is 1. The van der Waals surface area contributed by atoms with E-state index in [1.807, 2.05) is 0 Å². The van der Waals surface area contributed by atoms with E-state index in [0.29, 0.717) is 13.0 Å². The zero-order chi connectivity index (χ0) is 33.6. The van der Waals surface area contributed by atoms with Gasteiger partial charge in [-0.2, -0.15) is 0 Å². The van der Waals surface area contributed by atoms with Crippen LogP contribution in [0.5, 0.6) is 0 Å². The summed E-state index contributed by atoms with van der Waals surface area (Å²) in [4.78, 5) is 12.7. The van der Waals surface area contributed by atoms with Gasteiger partial charge in [-0.1, -0.05) is 154 Å². The van der Waals surface area contributed by atoms with Gasteiger partial charge < -0.3 is 16.2 Å². The molecule has 4 N–H and O–H groups in total. The molecule has 1 unspecified atom stereocenters. The lowest BCUT2D eigenvalue weighted by molar-refractivity contribution is -0.151. The Morgan fingerprint density at radius 2 is 0.804 bits per heavy atom. The van der Waals surface area contributed by atoms with E-state index in [-0.39, 0.29) is 12.1 Å². The Balaban J connectivity index is 4.06. The Morgan fingerprint density at radius 3 is 1.17 bits per heavy atom. The molecule has 0 fully saturated rings. The summed E-state index contributed by atoms with van der Waals surface area (Å²) in [6, 6.07) is -0.511. The van der Waals surface area contributed by atoms with E-state index in [0.717, 1.165) is 38.5 Å². The standard InChI is InChI=1S/C42H82N2O2/c1-3-5-7-9-11-13-15-17-19-21-23-25-27-29-31-33-37-40(46-42(45)41(44)38-34-35-39-43)36-32-30-28-26-24-22-20-18-16-14-12-10-8-6-4-2/h17-20,40-41H,3-16,21-39,43-44H2,1-2H3/b19-17-,20-18-/t40?,41-/m0/s1. The van der Waals surface area contributed by atoms with E-state index < -0.39 is 6.04 Å². The molecule has 272 valence electrons. The van der Waals surface area contributed by atoms with Crippen LogP contribution in [0.25, 0.3) is 0 Å². The Bertz CT molecular complexity index is 662. The first-order chi connectivity index (χ1) is 22.7. The van der Waals surface area contributed by atoms with Crippen LogP contribution >= 0.6 is 0 Å². The van der Waals surface area contributed by atoms with Gasteiger partial charge in [0.2, 0.25) is 0 Å². The van der Waals surface area contributed by atoms with Crippen LogP contribution in [0.2, 0.25) is 0 Å². The molecule has 0 aromatic carbocycles. The van der Waals surface area contributed by atoms with Crippen LogP contribution in [0.3, 0.4) is 0 Å². The van der Waals surface area contributed by atoms with Crippen LogP contribution in [-0.2, 0) is 9.53 Å². The zero-order valence-electron chi connectivity index (χ0n) is 31.3. The lowest BCUT2D eigenvalue weighted by Crippen LogP contribution is -2.35. The molecule has 0 heterocycles. The third-order valence-corrected chi connectivity index (χ3v) is 9.38. The smallest absolute Gasteiger partial charge is 0.323 e. The quantitative estimate of drug-likeness (QED) is 0.0400. The molecule has 0 radical (unpaired) electrons. The van der Waals surface area contributed by atoms with Gasteiger partial charge >= 0.3 is 5.97 Å². The molecule has 0 aromatic heterocycles. The van der Waals surface area contributed by atoms with Gasteiger partial charge in [0.15, 0.2) is 0 Å². The van der Waals surface area contributed by atoms with E-state index in [1.165, 1.54) is 161 Å². The van der Waals surface area contributed by atoms with Crippen LogP contribution in [0.15, 0.2) is 24.3 Å². The monoisotopic (exact) mass is 647 g/mol. The Hall–Kier alpha value is -1.13. The first-order valence-corrected chi connectivity index (χ1v) is 20.6. The van der Waals surface area contributed by atoms with Gasteiger partial charge in [-0.3, -0.25) is 4.79 Å². The molecular weight excluding hydrogens is 564 g/mol. The number of esters is 1. The molecule has 0 bridgehead atoms. The van der Waals surface area contributed by atoms with Crippen LogP contribution in [0.1, 0.15) is 219 Å². The molecule has 0 rings (SSSR count). The average molecular weight is 647 g/mol. The Labute approximate surface area is 288 Å². The lowest BCUT2D eigenvalue weighted by Gasteiger charge is -2.20. The van der Waals surface area contributed by atoms with Crippen LogP contribution in [-0.4, -0.2) is 24.7 Å². The number of carbonyl (C=O) groups excluding carboxylic acids is 1. The molecule has 2 atom stereocenters. The number of ether oxygens (including phenoxy) is 1. The molecule has 0 saturated carbocycles. The Morgan fingerprint density at radius 1 is 0.478 bits per heavy atom. The van der Waals surface area contributed by atoms with E-state index >= 15 is 0 Å². The number of allylic oxidation sites excluding steroid dienone is 4. The van der Waals surface area contributed by atoms with Crippen molar-refractivity contribution in [3.63, 3.8) is 0 Å². The van der Waals surface area contributed by atoms with Crippen molar-refractivity contribution in [1.29, 1.82) is 0 Å². The van der Waals surface area contributed by atoms with Gasteiger partial charge in [-0.15, -0.1) is 0 Å². The zero-order valence-corrected chi connectivity index (χ0v) is 31.3. The fourth-order valence-corrected chi connectivity index (χ4v) is 6.20. The summed E-state index contributed by atoms with van der Waals surface area (Å²) in [5, 5.41) is 0. The largest absolute Gasteiger partial charge is 0.461 e. The minimum absolute atomic E-state index is 0.0229. The first-order valence-electron chi connectivity index (χ1n) is 20.6. The summed E-state index contributed by atoms with van der Waals surface area (Å²) in [5.74, 6) is -0.209. The van der Waals surface area contributed by atoms with Crippen LogP contribution in [0, 0.1) is 0 Å². The topological polar surface area (TPSA) is 78.3 Å². The molecule has 0 amide bonds. The number of nitrogens with two attached hydrogens (primary N) is 2. The fraction of sp³-hybridized carbons (Fsp3) is 0.881. The van der Waals surface area contributed by atoms with E-state index in [9.17, 15) is 4.79 Å². The average Bonchev–Trinajstić information content (AvgIpc) is 3.06. The number of unbranched alkanes of at least 4 members (excludes halogenated alkanes) is 24. The third-order valence-electron chi connectivity index (χ3n) is 9.38. The minimum atomic E-state index is -0.511. The predicted octanol–water partition coefficient (Wildman–Crippen LogP) is 12.8. The van der Waals surface area contributed by atoms with Gasteiger partial charge in [0.1, 0.15) is 12.1 Å². The van der Waals surface area contributed by atoms with Crippen molar-refractivity contribution in [3.8, 4) is 0 Å². The highest BCUT2D eigenvalue weighted by Crippen LogP contribution is 2.18. The number of hydrogen-bond acceptors (Lipinski definition) is 4. The van der Waals surface area contributed by atoms with Crippen LogP contribution in [0.4, 0.5) is 0 Å². The van der Waals surface area contributed by atoms with Gasteiger partial charge in [0, 0.05) is 0 Å². The summed E-state index contributed by atoms with van der Waals surface area (Å²) in [7, 11) is 0. The summed E-state index contributed by atoms with van der Waals surface area (Å²) in [6.07, 6.45) is 49.4. The van der Waals surface area contributed by atoms with E-state index in [1.54, 1.807) is 0 Å². The van der Waals surface area contributed by atoms with Gasteiger partial charge in [0.25, 0.3) is 0 Å². The van der Waals surface area contributed by atoms with Crippen LogP contribution < -0.4 is 11.5 Å². The maximum atomic E-state index is 12.7. The second kappa shape index (κ2) is 38.3. The second-order valence-electron chi connectivity index (χ2n) is 14.0. The van der Waals surface area contributed by atoms with E-state index in [2.05, 4.69) is 38.2 Å². The number of hydrogen-bond donors (Lipinski definition) is 2. The fourth-order valence-electron chi connectivity index (χ4n) is 6.20. The molecule has 46 heavy (non-hydrogen) atoms. The summed E-state index contributed by atoms with van der Waals surface area (Å²) < 4.78 is 5.97. The van der Waals surface area contributed by atoms with Gasteiger partial charge in [0.05, 0.1) is 0 Å². The molecule has 0 aromatic rings. The van der Waals surface area contributed by atoms with Crippen molar-refractivity contribution in [2.45, 2.75) is 231 Å². The first kappa shape index (κ1) is 44.9. The highest BCUT2D eigenvalue weighted by molar-refractivity contribution is 5.75. The lowest BCUT2D eigenvalue weighted by atomic mass is 10.0. The molecule has 0 aliphatic rings. The molecule has 0 saturated heterocycles. The highest BCUT2D eigenvalue weighted by atomic mass is 16.5.